The van der Waals surface area contributed by atoms with Crippen LogP contribution in [0.3, 0.4) is 0 Å². The second kappa shape index (κ2) is 6.70. The molecule has 1 fully saturated rings. The summed E-state index contributed by atoms with van der Waals surface area (Å²) in [5, 5.41) is 4.33. The van der Waals surface area contributed by atoms with Crippen molar-refractivity contribution in [2.75, 3.05) is 13.2 Å². The number of esters is 1. The van der Waals surface area contributed by atoms with E-state index in [4.69, 9.17) is 9.47 Å². The molecule has 1 aromatic heterocycles. The molecule has 1 atom stereocenters. The van der Waals surface area contributed by atoms with E-state index in [2.05, 4.69) is 18.9 Å². The molecule has 0 spiro atoms. The summed E-state index contributed by atoms with van der Waals surface area (Å²) in [5.74, 6) is -0.233. The number of carbonyl (C=O) groups excluding carboxylic acids is 1. The van der Waals surface area contributed by atoms with E-state index in [0.717, 1.165) is 31.6 Å². The van der Waals surface area contributed by atoms with Gasteiger partial charge in [-0.3, -0.25) is 9.48 Å². The molecule has 0 bridgehead atoms. The van der Waals surface area contributed by atoms with Crippen LogP contribution in [0.2, 0.25) is 0 Å². The van der Waals surface area contributed by atoms with Crippen molar-refractivity contribution < 1.29 is 14.3 Å². The summed E-state index contributed by atoms with van der Waals surface area (Å²) in [5.41, 5.74) is 0.753. The van der Waals surface area contributed by atoms with Crippen LogP contribution in [0.1, 0.15) is 44.8 Å². The zero-order chi connectivity index (χ0) is 13.7. The van der Waals surface area contributed by atoms with Crippen LogP contribution in [0, 0.1) is 0 Å². The standard InChI is InChI=1S/C14H22N2O3/c1-11(2)16-7-6-12(15-16)9-14(17)19-10-13-5-3-4-8-18-13/h6-7,11,13H,3-5,8-10H2,1-2H3. The maximum atomic E-state index is 11.7. The number of hydrogen-bond donors (Lipinski definition) is 0. The first-order valence-corrected chi connectivity index (χ1v) is 6.96. The Bertz CT molecular complexity index is 409. The number of rotatable bonds is 5. The highest BCUT2D eigenvalue weighted by molar-refractivity contribution is 5.71. The summed E-state index contributed by atoms with van der Waals surface area (Å²) in [6.45, 7) is 5.25. The minimum atomic E-state index is -0.233. The fourth-order valence-electron chi connectivity index (χ4n) is 2.08. The molecular formula is C14H22N2O3. The Morgan fingerprint density at radius 2 is 2.42 bits per heavy atom. The molecule has 5 heteroatoms. The van der Waals surface area contributed by atoms with Crippen LogP contribution < -0.4 is 0 Å². The molecule has 1 aromatic rings. The molecule has 0 aliphatic carbocycles. The number of carbonyl (C=O) groups is 1. The van der Waals surface area contributed by atoms with Gasteiger partial charge in [-0.1, -0.05) is 0 Å². The van der Waals surface area contributed by atoms with Gasteiger partial charge in [0.05, 0.1) is 18.2 Å². The molecule has 1 unspecified atom stereocenters. The molecule has 106 valence electrons. The largest absolute Gasteiger partial charge is 0.463 e. The number of ether oxygens (including phenoxy) is 2. The topological polar surface area (TPSA) is 53.4 Å². The highest BCUT2D eigenvalue weighted by Gasteiger charge is 2.16. The quantitative estimate of drug-likeness (QED) is 0.766. The Morgan fingerprint density at radius 1 is 1.58 bits per heavy atom. The molecule has 1 aliphatic heterocycles. The third-order valence-electron chi connectivity index (χ3n) is 3.22. The van der Waals surface area contributed by atoms with Gasteiger partial charge in [0.2, 0.25) is 0 Å². The summed E-state index contributed by atoms with van der Waals surface area (Å²) in [6.07, 6.45) is 5.43. The third-order valence-corrected chi connectivity index (χ3v) is 3.22. The van der Waals surface area contributed by atoms with Gasteiger partial charge in [-0.25, -0.2) is 0 Å². The van der Waals surface area contributed by atoms with Gasteiger partial charge >= 0.3 is 5.97 Å². The van der Waals surface area contributed by atoms with Gasteiger partial charge < -0.3 is 9.47 Å². The number of aromatic nitrogens is 2. The third kappa shape index (κ3) is 4.35. The molecule has 0 amide bonds. The lowest BCUT2D eigenvalue weighted by molar-refractivity contribution is -0.148. The van der Waals surface area contributed by atoms with Crippen molar-refractivity contribution >= 4 is 5.97 Å². The van der Waals surface area contributed by atoms with E-state index in [-0.39, 0.29) is 18.5 Å². The lowest BCUT2D eigenvalue weighted by Crippen LogP contribution is -2.26. The van der Waals surface area contributed by atoms with E-state index in [1.54, 1.807) is 0 Å². The SMILES string of the molecule is CC(C)n1ccc(CC(=O)OCC2CCCCO2)n1. The van der Waals surface area contributed by atoms with E-state index in [1.165, 1.54) is 0 Å². The Morgan fingerprint density at radius 3 is 3.05 bits per heavy atom. The summed E-state index contributed by atoms with van der Waals surface area (Å²) in [6, 6.07) is 2.17. The van der Waals surface area contributed by atoms with Crippen molar-refractivity contribution in [2.24, 2.45) is 0 Å². The summed E-state index contributed by atoms with van der Waals surface area (Å²) < 4.78 is 12.6. The average molecular weight is 266 g/mol. The van der Waals surface area contributed by atoms with E-state index < -0.39 is 0 Å². The van der Waals surface area contributed by atoms with Gasteiger partial charge in [-0.05, 0) is 39.2 Å². The Hall–Kier alpha value is -1.36. The van der Waals surface area contributed by atoms with Crippen LogP contribution in [0.4, 0.5) is 0 Å². The van der Waals surface area contributed by atoms with Crippen LogP contribution in [0.5, 0.6) is 0 Å². The first kappa shape index (κ1) is 14.1. The van der Waals surface area contributed by atoms with E-state index >= 15 is 0 Å². The smallest absolute Gasteiger partial charge is 0.312 e. The first-order chi connectivity index (χ1) is 9.15. The molecule has 0 saturated carbocycles. The van der Waals surface area contributed by atoms with Crippen LogP contribution in [0.25, 0.3) is 0 Å². The summed E-state index contributed by atoms with van der Waals surface area (Å²) >= 11 is 0. The average Bonchev–Trinajstić information content (AvgIpc) is 2.86. The minimum absolute atomic E-state index is 0.0749. The Balaban J connectivity index is 1.73. The molecular weight excluding hydrogens is 244 g/mol. The molecule has 5 nitrogen and oxygen atoms in total. The van der Waals surface area contributed by atoms with Crippen molar-refractivity contribution in [3.8, 4) is 0 Å². The van der Waals surface area contributed by atoms with Gasteiger partial charge in [0.25, 0.3) is 0 Å². The molecule has 19 heavy (non-hydrogen) atoms. The van der Waals surface area contributed by atoms with Crippen molar-refractivity contribution in [1.82, 2.24) is 9.78 Å². The van der Waals surface area contributed by atoms with Gasteiger partial charge in [0.15, 0.2) is 0 Å². The fraction of sp³-hybridized carbons (Fsp3) is 0.714. The normalized spacial score (nSPS) is 19.6. The van der Waals surface area contributed by atoms with Crippen LogP contribution in [-0.4, -0.2) is 35.1 Å². The second-order valence-electron chi connectivity index (χ2n) is 5.23. The Kier molecular flexibility index (Phi) is 4.96. The summed E-state index contributed by atoms with van der Waals surface area (Å²) in [7, 11) is 0. The molecule has 0 N–H and O–H groups in total. The highest BCUT2D eigenvalue weighted by Crippen LogP contribution is 2.13. The van der Waals surface area contributed by atoms with E-state index in [1.807, 2.05) is 16.9 Å². The highest BCUT2D eigenvalue weighted by atomic mass is 16.6. The molecule has 2 rings (SSSR count). The fourth-order valence-corrected chi connectivity index (χ4v) is 2.08. The maximum absolute atomic E-state index is 11.7. The van der Waals surface area contributed by atoms with E-state index in [9.17, 15) is 4.79 Å². The van der Waals surface area contributed by atoms with Crippen LogP contribution in [-0.2, 0) is 20.7 Å². The molecule has 1 aliphatic rings. The van der Waals surface area contributed by atoms with Gasteiger partial charge in [0, 0.05) is 18.8 Å². The zero-order valence-corrected chi connectivity index (χ0v) is 11.7. The lowest BCUT2D eigenvalue weighted by atomic mass is 10.1. The zero-order valence-electron chi connectivity index (χ0n) is 11.7. The Labute approximate surface area is 113 Å². The molecule has 1 saturated heterocycles. The van der Waals surface area contributed by atoms with Crippen molar-refractivity contribution in [3.05, 3.63) is 18.0 Å². The van der Waals surface area contributed by atoms with Crippen molar-refractivity contribution in [2.45, 2.75) is 51.7 Å². The first-order valence-electron chi connectivity index (χ1n) is 6.96. The predicted molar refractivity (Wildman–Crippen MR) is 70.9 cm³/mol. The van der Waals surface area contributed by atoms with Crippen molar-refractivity contribution in [1.29, 1.82) is 0 Å². The van der Waals surface area contributed by atoms with Crippen LogP contribution >= 0.6 is 0 Å². The monoisotopic (exact) mass is 266 g/mol. The second-order valence-corrected chi connectivity index (χ2v) is 5.23. The lowest BCUT2D eigenvalue weighted by Gasteiger charge is -2.21. The van der Waals surface area contributed by atoms with Gasteiger partial charge in [0.1, 0.15) is 6.61 Å². The van der Waals surface area contributed by atoms with Crippen molar-refractivity contribution in [3.63, 3.8) is 0 Å². The molecule has 0 aromatic carbocycles. The minimum Gasteiger partial charge on any atom is -0.463 e. The molecule has 2 heterocycles. The number of nitrogens with zero attached hydrogens (tertiary/aromatic N) is 2. The van der Waals surface area contributed by atoms with E-state index in [0.29, 0.717) is 12.6 Å². The van der Waals surface area contributed by atoms with Crippen LogP contribution in [0.15, 0.2) is 12.3 Å². The predicted octanol–water partition coefficient (Wildman–Crippen LogP) is 2.12. The summed E-state index contributed by atoms with van der Waals surface area (Å²) in [4.78, 5) is 11.7. The number of hydrogen-bond acceptors (Lipinski definition) is 4. The van der Waals surface area contributed by atoms with Gasteiger partial charge in [-0.15, -0.1) is 0 Å². The van der Waals surface area contributed by atoms with Gasteiger partial charge in [-0.2, -0.15) is 5.10 Å². The molecule has 0 radical (unpaired) electrons. The maximum Gasteiger partial charge on any atom is 0.312 e.